The molecule has 0 atom stereocenters. The Kier molecular flexibility index (Phi) is 5.53. The Balaban J connectivity index is 2.47. The van der Waals surface area contributed by atoms with E-state index < -0.39 is 6.29 Å². The van der Waals surface area contributed by atoms with E-state index in [1.165, 1.54) is 11.3 Å². The maximum atomic E-state index is 11.7. The summed E-state index contributed by atoms with van der Waals surface area (Å²) in [5, 5.41) is 3.74. The second-order valence-corrected chi connectivity index (χ2v) is 3.76. The van der Waals surface area contributed by atoms with Crippen LogP contribution in [0.2, 0.25) is 0 Å². The van der Waals surface area contributed by atoms with Gasteiger partial charge in [0.15, 0.2) is 12.1 Å². The van der Waals surface area contributed by atoms with Gasteiger partial charge in [-0.25, -0.2) is 0 Å². The molecule has 0 saturated heterocycles. The highest BCUT2D eigenvalue weighted by molar-refractivity contribution is 7.08. The van der Waals surface area contributed by atoms with Crippen LogP contribution in [0.1, 0.15) is 30.6 Å². The van der Waals surface area contributed by atoms with Crippen molar-refractivity contribution in [1.82, 2.24) is 0 Å². The number of hydrogen-bond acceptors (Lipinski definition) is 4. The van der Waals surface area contributed by atoms with Gasteiger partial charge in [-0.3, -0.25) is 4.79 Å². The van der Waals surface area contributed by atoms with E-state index in [1.807, 2.05) is 30.7 Å². The van der Waals surface area contributed by atoms with E-state index in [0.717, 1.165) is 5.56 Å². The molecular formula is C11H16O3S. The third kappa shape index (κ3) is 4.11. The Hall–Kier alpha value is -0.710. The fourth-order valence-electron chi connectivity index (χ4n) is 1.23. The van der Waals surface area contributed by atoms with Crippen LogP contribution in [0.5, 0.6) is 0 Å². The topological polar surface area (TPSA) is 35.5 Å². The molecule has 4 heteroatoms. The first-order valence-electron chi connectivity index (χ1n) is 5.06. The second kappa shape index (κ2) is 6.71. The summed E-state index contributed by atoms with van der Waals surface area (Å²) in [6.07, 6.45) is -0.120. The molecule has 3 nitrogen and oxygen atoms in total. The van der Waals surface area contributed by atoms with Gasteiger partial charge in [0.05, 0.1) is 6.42 Å². The Morgan fingerprint density at radius 1 is 1.40 bits per heavy atom. The SMILES string of the molecule is CCOC(CC(=O)c1ccsc1)OCC. The predicted molar refractivity (Wildman–Crippen MR) is 60.3 cm³/mol. The number of carbonyl (C=O) groups is 1. The largest absolute Gasteiger partial charge is 0.352 e. The lowest BCUT2D eigenvalue weighted by molar-refractivity contribution is -0.133. The fraction of sp³-hybridized carbons (Fsp3) is 0.545. The van der Waals surface area contributed by atoms with Crippen molar-refractivity contribution >= 4 is 17.1 Å². The molecule has 0 saturated carbocycles. The van der Waals surface area contributed by atoms with Gasteiger partial charge in [0.2, 0.25) is 0 Å². The van der Waals surface area contributed by atoms with Crippen LogP contribution in [0.4, 0.5) is 0 Å². The molecule has 15 heavy (non-hydrogen) atoms. The zero-order valence-corrected chi connectivity index (χ0v) is 9.88. The predicted octanol–water partition coefficient (Wildman–Crippen LogP) is 2.72. The standard InChI is InChI=1S/C11H16O3S/c1-3-13-11(14-4-2)7-10(12)9-5-6-15-8-9/h5-6,8,11H,3-4,7H2,1-2H3. The van der Waals surface area contributed by atoms with Gasteiger partial charge >= 0.3 is 0 Å². The van der Waals surface area contributed by atoms with Crippen molar-refractivity contribution in [3.05, 3.63) is 22.4 Å². The summed E-state index contributed by atoms with van der Waals surface area (Å²) in [6, 6.07) is 1.82. The van der Waals surface area contributed by atoms with Gasteiger partial charge in [0.1, 0.15) is 0 Å². The zero-order valence-electron chi connectivity index (χ0n) is 9.06. The minimum atomic E-state index is -0.410. The summed E-state index contributed by atoms with van der Waals surface area (Å²) < 4.78 is 10.6. The number of rotatable bonds is 7. The molecule has 1 rings (SSSR count). The molecule has 0 spiro atoms. The normalized spacial score (nSPS) is 10.9. The first kappa shape index (κ1) is 12.4. The van der Waals surface area contributed by atoms with Crippen LogP contribution in [0.15, 0.2) is 16.8 Å². The molecule has 0 aromatic carbocycles. The number of ketones is 1. The van der Waals surface area contributed by atoms with Crippen LogP contribution in [0.25, 0.3) is 0 Å². The average Bonchev–Trinajstić information content (AvgIpc) is 2.71. The molecule has 0 aliphatic rings. The molecule has 1 heterocycles. The number of Topliss-reactive ketones (excluding diaryl/α,β-unsaturated/α-hetero) is 1. The molecule has 0 fully saturated rings. The molecule has 84 valence electrons. The number of carbonyl (C=O) groups excluding carboxylic acids is 1. The van der Waals surface area contributed by atoms with Crippen LogP contribution in [0.3, 0.4) is 0 Å². The van der Waals surface area contributed by atoms with Gasteiger partial charge < -0.3 is 9.47 Å². The number of hydrogen-bond donors (Lipinski definition) is 0. The summed E-state index contributed by atoms with van der Waals surface area (Å²) in [7, 11) is 0. The lowest BCUT2D eigenvalue weighted by Gasteiger charge is -2.15. The Labute approximate surface area is 94.0 Å². The van der Waals surface area contributed by atoms with E-state index in [0.29, 0.717) is 19.6 Å². The number of thiophene rings is 1. The maximum Gasteiger partial charge on any atom is 0.168 e. The van der Waals surface area contributed by atoms with Crippen molar-refractivity contribution < 1.29 is 14.3 Å². The fourth-order valence-corrected chi connectivity index (χ4v) is 1.89. The third-order valence-corrected chi connectivity index (χ3v) is 2.58. The van der Waals surface area contributed by atoms with Gasteiger partial charge in [-0.1, -0.05) is 0 Å². The van der Waals surface area contributed by atoms with Crippen LogP contribution in [-0.4, -0.2) is 25.3 Å². The molecule has 1 aromatic heterocycles. The minimum absolute atomic E-state index is 0.0724. The van der Waals surface area contributed by atoms with Crippen molar-refractivity contribution in [2.24, 2.45) is 0 Å². The van der Waals surface area contributed by atoms with Crippen LogP contribution in [0, 0.1) is 0 Å². The molecule has 0 unspecified atom stereocenters. The maximum absolute atomic E-state index is 11.7. The molecular weight excluding hydrogens is 212 g/mol. The molecule has 0 bridgehead atoms. The van der Waals surface area contributed by atoms with Gasteiger partial charge in [-0.2, -0.15) is 11.3 Å². The van der Waals surface area contributed by atoms with Crippen molar-refractivity contribution in [3.63, 3.8) is 0 Å². The first-order valence-corrected chi connectivity index (χ1v) is 6.00. The van der Waals surface area contributed by atoms with Gasteiger partial charge in [0.25, 0.3) is 0 Å². The summed E-state index contributed by atoms with van der Waals surface area (Å²) >= 11 is 1.52. The highest BCUT2D eigenvalue weighted by atomic mass is 32.1. The van der Waals surface area contributed by atoms with Gasteiger partial charge in [-0.15, -0.1) is 0 Å². The van der Waals surface area contributed by atoms with E-state index in [-0.39, 0.29) is 5.78 Å². The summed E-state index contributed by atoms with van der Waals surface area (Å²) in [4.78, 5) is 11.7. The van der Waals surface area contributed by atoms with Crippen molar-refractivity contribution in [2.45, 2.75) is 26.6 Å². The van der Waals surface area contributed by atoms with Crippen LogP contribution in [-0.2, 0) is 9.47 Å². The van der Waals surface area contributed by atoms with Crippen LogP contribution < -0.4 is 0 Å². The molecule has 0 aliphatic carbocycles. The van der Waals surface area contributed by atoms with E-state index in [2.05, 4.69) is 0 Å². The smallest absolute Gasteiger partial charge is 0.168 e. The molecule has 0 N–H and O–H groups in total. The first-order chi connectivity index (χ1) is 7.27. The van der Waals surface area contributed by atoms with E-state index >= 15 is 0 Å². The molecule has 0 aliphatic heterocycles. The third-order valence-electron chi connectivity index (χ3n) is 1.90. The minimum Gasteiger partial charge on any atom is -0.352 e. The van der Waals surface area contributed by atoms with E-state index in [1.54, 1.807) is 0 Å². The monoisotopic (exact) mass is 228 g/mol. The second-order valence-electron chi connectivity index (χ2n) is 2.98. The van der Waals surface area contributed by atoms with E-state index in [4.69, 9.17) is 9.47 Å². The highest BCUT2D eigenvalue weighted by Gasteiger charge is 2.15. The molecule has 1 aromatic rings. The zero-order chi connectivity index (χ0) is 11.1. The van der Waals surface area contributed by atoms with Gasteiger partial charge in [0, 0.05) is 24.2 Å². The molecule has 0 amide bonds. The Morgan fingerprint density at radius 2 is 2.07 bits per heavy atom. The summed E-state index contributed by atoms with van der Waals surface area (Å²) in [5.41, 5.74) is 0.740. The van der Waals surface area contributed by atoms with E-state index in [9.17, 15) is 4.79 Å². The lowest BCUT2D eigenvalue weighted by Crippen LogP contribution is -2.21. The highest BCUT2D eigenvalue weighted by Crippen LogP contribution is 2.12. The quantitative estimate of drug-likeness (QED) is 0.531. The van der Waals surface area contributed by atoms with Crippen LogP contribution >= 0.6 is 11.3 Å². The van der Waals surface area contributed by atoms with Crippen molar-refractivity contribution in [2.75, 3.05) is 13.2 Å². The Morgan fingerprint density at radius 3 is 2.53 bits per heavy atom. The summed E-state index contributed by atoms with van der Waals surface area (Å²) in [6.45, 7) is 4.89. The Bertz CT molecular complexity index is 276. The molecule has 0 radical (unpaired) electrons. The van der Waals surface area contributed by atoms with Crippen molar-refractivity contribution in [1.29, 1.82) is 0 Å². The lowest BCUT2D eigenvalue weighted by atomic mass is 10.1. The van der Waals surface area contributed by atoms with Gasteiger partial charge in [-0.05, 0) is 25.3 Å². The van der Waals surface area contributed by atoms with Crippen molar-refractivity contribution in [3.8, 4) is 0 Å². The average molecular weight is 228 g/mol. The summed E-state index contributed by atoms with van der Waals surface area (Å²) in [5.74, 6) is 0.0724. The number of ether oxygens (including phenoxy) is 2.